The van der Waals surface area contributed by atoms with E-state index < -0.39 is 60.4 Å². The van der Waals surface area contributed by atoms with E-state index in [1.165, 1.54) is 6.07 Å². The number of hydrogen-bond acceptors (Lipinski definition) is 0. The fraction of sp³-hybridized carbons (Fsp3) is 0. The maximum atomic E-state index is 8.88. The van der Waals surface area contributed by atoms with E-state index in [1.54, 1.807) is 12.1 Å². The summed E-state index contributed by atoms with van der Waals surface area (Å²) in [6.45, 7) is 0. The summed E-state index contributed by atoms with van der Waals surface area (Å²) in [5, 5.41) is 4.11. The highest BCUT2D eigenvalue weighted by Crippen LogP contribution is 2.40. The lowest BCUT2D eigenvalue weighted by molar-refractivity contribution is 1.18. The van der Waals surface area contributed by atoms with Crippen LogP contribution < -0.4 is 0 Å². The molecule has 0 bridgehead atoms. The quantitative estimate of drug-likeness (QED) is 0.162. The van der Waals surface area contributed by atoms with Crippen LogP contribution in [0.5, 0.6) is 0 Å². The van der Waals surface area contributed by atoms with Gasteiger partial charge >= 0.3 is 0 Å². The number of nitrogens with zero attached hydrogens (tertiary/aromatic N) is 2. The highest BCUT2D eigenvalue weighted by Gasteiger charge is 2.17. The number of fused-ring (bicyclic) bond motifs is 6. The maximum absolute atomic E-state index is 8.88. The molecule has 2 heteroatoms. The number of benzene rings is 9. The van der Waals surface area contributed by atoms with Crippen molar-refractivity contribution in [1.29, 1.82) is 0 Å². The van der Waals surface area contributed by atoms with Crippen LogP contribution in [0.1, 0.15) is 13.7 Å². The fourth-order valence-corrected chi connectivity index (χ4v) is 8.11. The van der Waals surface area contributed by atoms with Crippen molar-refractivity contribution in [3.05, 3.63) is 218 Å². The predicted octanol–water partition coefficient (Wildman–Crippen LogP) is 14.5. The van der Waals surface area contributed by atoms with Gasteiger partial charge in [0.2, 0.25) is 0 Å². The van der Waals surface area contributed by atoms with Crippen LogP contribution in [0.25, 0.3) is 99.5 Å². The second-order valence-corrected chi connectivity index (χ2v) is 13.9. The van der Waals surface area contributed by atoms with Gasteiger partial charge in [0.05, 0.1) is 35.8 Å². The van der Waals surface area contributed by atoms with Crippen molar-refractivity contribution in [2.75, 3.05) is 0 Å². The Labute approximate surface area is 339 Å². The largest absolute Gasteiger partial charge is 0.309 e. The summed E-state index contributed by atoms with van der Waals surface area (Å²) in [6, 6.07) is 48.4. The molecule has 11 aromatic rings. The van der Waals surface area contributed by atoms with Crippen molar-refractivity contribution >= 4 is 43.6 Å². The highest BCUT2D eigenvalue weighted by molar-refractivity contribution is 6.12. The average molecular weight is 723 g/mol. The zero-order chi connectivity index (χ0) is 45.7. The van der Waals surface area contributed by atoms with Crippen LogP contribution in [0, 0.1) is 0 Å². The third kappa shape index (κ3) is 5.34. The zero-order valence-corrected chi connectivity index (χ0v) is 29.9. The third-order valence-electron chi connectivity index (χ3n) is 10.7. The standard InChI is InChI=1S/C54H36N2/c1-4-14-37(15-5-1)40-24-28-45(29-25-40)55-51-22-12-10-20-47(51)49-35-41(26-30-53(49)55)42-27-31-54-50(36-42)48-21-11-13-23-52(48)56(54)46-33-43(38-16-6-2-7-17-38)32-44(34-46)39-18-8-3-9-19-39/h1-36H/i2D,3D,6D,7D,8D,9D,16D,17D,18D,19D. The van der Waals surface area contributed by atoms with Gasteiger partial charge in [-0.1, -0.05) is 151 Å². The van der Waals surface area contributed by atoms with E-state index >= 15 is 0 Å². The van der Waals surface area contributed by atoms with Gasteiger partial charge in [-0.25, -0.2) is 0 Å². The SMILES string of the molecule is [2H]c1c([2H])c([2H])c(-c2cc(-c3c([2H])c([2H])c([2H])c([2H])c3[2H])cc(-n3c4ccccc4c4cc(-c5ccc6c(c5)c5ccccc5n6-c5ccc(-c6ccccc6)cc5)ccc43)c2)c([2H])c1[2H]. The van der Waals surface area contributed by atoms with Gasteiger partial charge in [0.15, 0.2) is 0 Å². The summed E-state index contributed by atoms with van der Waals surface area (Å²) >= 11 is 0. The monoisotopic (exact) mass is 722 g/mol. The molecule has 0 unspecified atom stereocenters. The minimum atomic E-state index is -0.535. The summed E-state index contributed by atoms with van der Waals surface area (Å²) in [4.78, 5) is 0. The van der Waals surface area contributed by atoms with Crippen molar-refractivity contribution in [3.63, 3.8) is 0 Å². The fourth-order valence-electron chi connectivity index (χ4n) is 8.11. The van der Waals surface area contributed by atoms with E-state index in [9.17, 15) is 0 Å². The Morgan fingerprint density at radius 3 is 1.23 bits per heavy atom. The lowest BCUT2D eigenvalue weighted by atomic mass is 9.98. The lowest BCUT2D eigenvalue weighted by Gasteiger charge is -2.14. The lowest BCUT2D eigenvalue weighted by Crippen LogP contribution is -1.96. The van der Waals surface area contributed by atoms with E-state index in [-0.39, 0.29) is 22.3 Å². The Balaban J connectivity index is 1.10. The first-order chi connectivity index (χ1) is 31.9. The normalized spacial score (nSPS) is 14.1. The van der Waals surface area contributed by atoms with Crippen molar-refractivity contribution in [3.8, 4) is 55.9 Å². The van der Waals surface area contributed by atoms with E-state index in [0.29, 0.717) is 5.69 Å². The summed E-state index contributed by atoms with van der Waals surface area (Å²) in [7, 11) is 0. The molecule has 11 rings (SSSR count). The van der Waals surface area contributed by atoms with Crippen LogP contribution >= 0.6 is 0 Å². The van der Waals surface area contributed by atoms with Gasteiger partial charge in [0, 0.05) is 32.9 Å². The maximum Gasteiger partial charge on any atom is 0.0629 e. The molecule has 262 valence electrons. The molecule has 0 atom stereocenters. The molecule has 0 N–H and O–H groups in total. The Morgan fingerprint density at radius 1 is 0.268 bits per heavy atom. The zero-order valence-electron chi connectivity index (χ0n) is 39.9. The second kappa shape index (κ2) is 13.2. The highest BCUT2D eigenvalue weighted by atomic mass is 15.0. The van der Waals surface area contributed by atoms with Crippen LogP contribution in [-0.4, -0.2) is 9.13 Å². The van der Waals surface area contributed by atoms with Crippen LogP contribution in [0.15, 0.2) is 218 Å². The molecule has 56 heavy (non-hydrogen) atoms. The van der Waals surface area contributed by atoms with Gasteiger partial charge in [-0.15, -0.1) is 0 Å². The first-order valence-corrected chi connectivity index (χ1v) is 18.4. The van der Waals surface area contributed by atoms with Crippen LogP contribution in [0.4, 0.5) is 0 Å². The molecule has 0 aliphatic heterocycles. The van der Waals surface area contributed by atoms with Gasteiger partial charge in [-0.3, -0.25) is 0 Å². The number of aromatic nitrogens is 2. The first kappa shape index (κ1) is 23.4. The molecule has 9 aromatic carbocycles. The Morgan fingerprint density at radius 2 is 0.696 bits per heavy atom. The van der Waals surface area contributed by atoms with Crippen molar-refractivity contribution in [2.24, 2.45) is 0 Å². The molecular weight excluding hydrogens is 677 g/mol. The molecular formula is C54H36N2. The summed E-state index contributed by atoms with van der Waals surface area (Å²) in [5.41, 5.74) is 10.0. The van der Waals surface area contributed by atoms with Crippen molar-refractivity contribution in [2.45, 2.75) is 0 Å². The molecule has 0 amide bonds. The van der Waals surface area contributed by atoms with Crippen LogP contribution in [0.2, 0.25) is 0 Å². The van der Waals surface area contributed by atoms with Gasteiger partial charge < -0.3 is 9.13 Å². The smallest absolute Gasteiger partial charge is 0.0629 e. The number of hydrogen-bond donors (Lipinski definition) is 0. The molecule has 0 aliphatic rings. The van der Waals surface area contributed by atoms with Crippen LogP contribution in [-0.2, 0) is 0 Å². The second-order valence-electron chi connectivity index (χ2n) is 13.9. The average Bonchev–Trinajstić information content (AvgIpc) is 3.86. The molecule has 0 fully saturated rings. The van der Waals surface area contributed by atoms with E-state index in [2.05, 4.69) is 95.6 Å². The molecule has 2 heterocycles. The number of para-hydroxylation sites is 2. The van der Waals surface area contributed by atoms with Crippen LogP contribution in [0.3, 0.4) is 0 Å². The molecule has 2 nitrogen and oxygen atoms in total. The first-order valence-electron chi connectivity index (χ1n) is 23.4. The molecule has 2 aromatic heterocycles. The molecule has 0 radical (unpaired) electrons. The topological polar surface area (TPSA) is 9.86 Å². The Hall–Kier alpha value is -7.42. The van der Waals surface area contributed by atoms with Gasteiger partial charge in [0.25, 0.3) is 0 Å². The summed E-state index contributed by atoms with van der Waals surface area (Å²) in [5.74, 6) is 0. The van der Waals surface area contributed by atoms with Gasteiger partial charge in [-0.2, -0.15) is 0 Å². The Kier molecular flexibility index (Phi) is 5.49. The van der Waals surface area contributed by atoms with Gasteiger partial charge in [0.1, 0.15) is 0 Å². The van der Waals surface area contributed by atoms with Crippen molar-refractivity contribution in [1.82, 2.24) is 9.13 Å². The van der Waals surface area contributed by atoms with E-state index in [1.807, 2.05) is 53.1 Å². The van der Waals surface area contributed by atoms with E-state index in [0.717, 1.165) is 71.6 Å². The molecule has 0 aliphatic carbocycles. The van der Waals surface area contributed by atoms with E-state index in [4.69, 9.17) is 13.7 Å². The van der Waals surface area contributed by atoms with Crippen molar-refractivity contribution < 1.29 is 13.7 Å². The Bertz CT molecular complexity index is 3670. The summed E-state index contributed by atoms with van der Waals surface area (Å²) < 4.78 is 90.2. The minimum Gasteiger partial charge on any atom is -0.309 e. The minimum absolute atomic E-state index is 0.0690. The number of rotatable bonds is 6. The molecule has 0 saturated carbocycles. The predicted molar refractivity (Wildman–Crippen MR) is 237 cm³/mol. The molecule has 0 saturated heterocycles. The van der Waals surface area contributed by atoms with Gasteiger partial charge in [-0.05, 0) is 111 Å². The summed E-state index contributed by atoms with van der Waals surface area (Å²) in [6.07, 6.45) is 0. The molecule has 0 spiro atoms. The third-order valence-corrected chi connectivity index (χ3v) is 10.7.